The quantitative estimate of drug-likeness (QED) is 0.117. The van der Waals surface area contributed by atoms with Crippen LogP contribution in [-0.4, -0.2) is 57.6 Å². The molecular weight excluding hydrogens is 856 g/mol. The van der Waals surface area contributed by atoms with E-state index in [0.717, 1.165) is 70.0 Å². The van der Waals surface area contributed by atoms with E-state index in [1.165, 1.54) is 30.6 Å². The average Bonchev–Trinajstić information content (AvgIpc) is 3.89. The molecule has 8 rings (SSSR count). The molecule has 4 aromatic heterocycles. The number of benzene rings is 3. The highest BCUT2D eigenvalue weighted by molar-refractivity contribution is 7.16. The number of carbonyl (C=O) groups is 1. The molecule has 0 spiro atoms. The zero-order valence-corrected chi connectivity index (χ0v) is 34.7. The minimum Gasteiger partial charge on any atom is -0.406 e. The van der Waals surface area contributed by atoms with Gasteiger partial charge in [-0.1, -0.05) is 54.9 Å². The number of nitrogens with zero attached hydrogens (tertiary/aromatic N) is 5. The first-order valence-corrected chi connectivity index (χ1v) is 20.9. The second kappa shape index (κ2) is 19.3. The molecule has 1 aliphatic heterocycles. The number of carbonyl (C=O) groups excluding carboxylic acids is 1. The number of amides is 1. The van der Waals surface area contributed by atoms with Gasteiger partial charge in [-0.15, -0.1) is 37.7 Å². The van der Waals surface area contributed by atoms with Gasteiger partial charge in [0.25, 0.3) is 5.91 Å². The number of pyridine rings is 1. The van der Waals surface area contributed by atoms with Gasteiger partial charge in [-0.2, -0.15) is 0 Å². The third-order valence-electron chi connectivity index (χ3n) is 10.2. The number of piperidine rings is 1. The van der Waals surface area contributed by atoms with E-state index >= 15 is 0 Å². The minimum absolute atomic E-state index is 0.200. The Morgan fingerprint density at radius 3 is 2.13 bits per heavy atom. The first-order valence-electron chi connectivity index (χ1n) is 19.6. The molecule has 3 aromatic carbocycles. The molecule has 1 saturated heterocycles. The summed E-state index contributed by atoms with van der Waals surface area (Å²) in [6.45, 7) is 4.65. The fraction of sp³-hybridized carbons (Fsp3) is 0.273. The Labute approximate surface area is 361 Å². The summed E-state index contributed by atoms with van der Waals surface area (Å²) in [6.07, 6.45) is -3.05. The third kappa shape index (κ3) is 11.6. The maximum absolute atomic E-state index is 13.0. The highest BCUT2D eigenvalue weighted by atomic mass is 35.5. The fourth-order valence-electron chi connectivity index (χ4n) is 7.17. The number of halogens is 7. The first kappa shape index (κ1) is 44.0. The molecule has 62 heavy (non-hydrogen) atoms. The Morgan fingerprint density at radius 2 is 1.48 bits per heavy atom. The number of alkyl halides is 6. The maximum Gasteiger partial charge on any atom is 0.573 e. The lowest BCUT2D eigenvalue weighted by molar-refractivity contribution is -0.275. The summed E-state index contributed by atoms with van der Waals surface area (Å²) in [6, 6.07) is 25.7. The summed E-state index contributed by atoms with van der Waals surface area (Å²) in [5.41, 5.74) is 5.91. The van der Waals surface area contributed by atoms with Gasteiger partial charge in [-0.25, -0.2) is 15.0 Å². The van der Waals surface area contributed by atoms with Crippen molar-refractivity contribution in [3.05, 3.63) is 142 Å². The van der Waals surface area contributed by atoms with E-state index in [1.807, 2.05) is 30.5 Å². The number of imidazole rings is 1. The van der Waals surface area contributed by atoms with Crippen LogP contribution in [0.5, 0.6) is 11.5 Å². The molecule has 0 atom stereocenters. The van der Waals surface area contributed by atoms with Crippen molar-refractivity contribution in [3.8, 4) is 11.5 Å². The number of hydrogen-bond acceptors (Lipinski definition) is 9. The van der Waals surface area contributed by atoms with E-state index in [2.05, 4.69) is 52.1 Å². The summed E-state index contributed by atoms with van der Waals surface area (Å²) in [4.78, 5) is 29.2. The van der Waals surface area contributed by atoms with E-state index in [1.54, 1.807) is 58.3 Å². The second-order valence-corrected chi connectivity index (χ2v) is 15.6. The van der Waals surface area contributed by atoms with Crippen LogP contribution in [-0.2, 0) is 19.4 Å². The molecule has 324 valence electrons. The lowest BCUT2D eigenvalue weighted by Gasteiger charge is -2.34. The van der Waals surface area contributed by atoms with Crippen molar-refractivity contribution in [2.24, 2.45) is 0 Å². The number of nitrogens with one attached hydrogen (secondary N) is 2. The minimum atomic E-state index is -4.68. The van der Waals surface area contributed by atoms with Crippen LogP contribution in [0.25, 0.3) is 15.9 Å². The van der Waals surface area contributed by atoms with Crippen molar-refractivity contribution in [3.63, 3.8) is 0 Å². The number of hydrogen-bond donors (Lipinski definition) is 2. The summed E-state index contributed by atoms with van der Waals surface area (Å²) in [7, 11) is 0. The van der Waals surface area contributed by atoms with Gasteiger partial charge in [0.1, 0.15) is 39.8 Å². The first-order chi connectivity index (χ1) is 29.7. The summed E-state index contributed by atoms with van der Waals surface area (Å²) >= 11 is 7.68. The average molecular weight is 896 g/mol. The highest BCUT2D eigenvalue weighted by Gasteiger charge is 2.32. The number of rotatable bonds is 12. The topological polar surface area (TPSA) is 106 Å². The number of ether oxygens (including phenoxy) is 2. The largest absolute Gasteiger partial charge is 0.573 e. The molecule has 0 radical (unpaired) electrons. The SMILES string of the molecule is CCc1nc2ccc(Cl)cn2c1C(=O)NCc1ccc(N2CCC(c3ccc(OC(F)(F)F)cc3)CC2)cc1.FC(F)(F)Oc1ccc(CCNc2ncnc3sccc23)cc1. The number of aryl methyl sites for hydroxylation is 1. The van der Waals surface area contributed by atoms with Crippen LogP contribution in [0.4, 0.5) is 37.8 Å². The smallest absolute Gasteiger partial charge is 0.406 e. The Kier molecular flexibility index (Phi) is 13.7. The zero-order valence-electron chi connectivity index (χ0n) is 33.1. The van der Waals surface area contributed by atoms with E-state index in [4.69, 9.17) is 11.6 Å². The van der Waals surface area contributed by atoms with Crippen LogP contribution < -0.4 is 25.0 Å². The van der Waals surface area contributed by atoms with E-state index < -0.39 is 12.7 Å². The summed E-state index contributed by atoms with van der Waals surface area (Å²) in [5, 5.41) is 9.66. The van der Waals surface area contributed by atoms with E-state index in [0.29, 0.717) is 42.3 Å². The molecule has 0 aliphatic carbocycles. The van der Waals surface area contributed by atoms with Crippen molar-refractivity contribution in [1.82, 2.24) is 24.7 Å². The van der Waals surface area contributed by atoms with Crippen LogP contribution in [0.3, 0.4) is 0 Å². The van der Waals surface area contributed by atoms with Crippen molar-refractivity contribution in [2.75, 3.05) is 29.9 Å². The van der Waals surface area contributed by atoms with Crippen LogP contribution in [0.2, 0.25) is 5.02 Å². The van der Waals surface area contributed by atoms with Gasteiger partial charge in [0.05, 0.1) is 16.1 Å². The van der Waals surface area contributed by atoms with Crippen molar-refractivity contribution >= 4 is 56.2 Å². The van der Waals surface area contributed by atoms with Gasteiger partial charge in [0, 0.05) is 38.1 Å². The molecule has 5 heterocycles. The number of fused-ring (bicyclic) bond motifs is 2. The predicted molar refractivity (Wildman–Crippen MR) is 227 cm³/mol. The molecule has 18 heteroatoms. The van der Waals surface area contributed by atoms with Crippen molar-refractivity contribution in [2.45, 2.75) is 57.8 Å². The highest BCUT2D eigenvalue weighted by Crippen LogP contribution is 2.33. The van der Waals surface area contributed by atoms with E-state index in [-0.39, 0.29) is 23.3 Å². The molecule has 0 saturated carbocycles. The standard InChI is InChI=1S/C29H28ClF3N4O2.C15H12F3N3OS/c1-2-25-27(37-18-22(30)7-12-26(37)35-25)28(38)34-17-19-3-8-23(9-4-19)36-15-13-21(14-16-36)20-5-10-24(11-6-20)39-29(31,32)33;16-15(17,18)22-11-3-1-10(2-4-11)5-7-19-13-12-6-8-23-14(12)21-9-20-13/h3-12,18,21H,2,13-17H2,1H3,(H,34,38);1-4,6,8-9H,5,7H2,(H,19,20,21). The van der Waals surface area contributed by atoms with Crippen LogP contribution >= 0.6 is 22.9 Å². The zero-order chi connectivity index (χ0) is 43.9. The molecular formula is C44H40ClF6N7O3S. The molecule has 0 bridgehead atoms. The summed E-state index contributed by atoms with van der Waals surface area (Å²) < 4.78 is 83.0. The monoisotopic (exact) mass is 895 g/mol. The number of thiophene rings is 1. The summed E-state index contributed by atoms with van der Waals surface area (Å²) in [5.74, 6) is 0.427. The van der Waals surface area contributed by atoms with Crippen LogP contribution in [0.1, 0.15) is 58.6 Å². The fourth-order valence-corrected chi connectivity index (χ4v) is 8.07. The van der Waals surface area contributed by atoms with Gasteiger partial charge in [0.2, 0.25) is 0 Å². The Balaban J connectivity index is 0.000000213. The molecule has 1 fully saturated rings. The maximum atomic E-state index is 13.0. The Morgan fingerprint density at radius 1 is 0.839 bits per heavy atom. The van der Waals surface area contributed by atoms with Gasteiger partial charge in [-0.05, 0) is 108 Å². The van der Waals surface area contributed by atoms with Gasteiger partial charge in [-0.3, -0.25) is 9.20 Å². The van der Waals surface area contributed by atoms with E-state index in [9.17, 15) is 31.1 Å². The third-order valence-corrected chi connectivity index (χ3v) is 11.2. The molecule has 2 N–H and O–H groups in total. The van der Waals surface area contributed by atoms with Crippen molar-refractivity contribution < 1.29 is 40.6 Å². The van der Waals surface area contributed by atoms with Gasteiger partial charge in [0.15, 0.2) is 0 Å². The Hall–Kier alpha value is -6.07. The second-order valence-electron chi connectivity index (χ2n) is 14.3. The predicted octanol–water partition coefficient (Wildman–Crippen LogP) is 11.0. The molecule has 0 unspecified atom stereocenters. The number of anilines is 2. The number of aromatic nitrogens is 4. The molecule has 1 amide bonds. The molecule has 7 aromatic rings. The molecule has 1 aliphatic rings. The lowest BCUT2D eigenvalue weighted by atomic mass is 9.89. The Bertz CT molecular complexity index is 2580. The van der Waals surface area contributed by atoms with Crippen molar-refractivity contribution in [1.29, 1.82) is 0 Å². The van der Waals surface area contributed by atoms with Crippen LogP contribution in [0.15, 0.2) is 109 Å². The van der Waals surface area contributed by atoms with Crippen LogP contribution in [0, 0.1) is 0 Å². The van der Waals surface area contributed by atoms with Gasteiger partial charge < -0.3 is 25.0 Å². The normalized spacial score (nSPS) is 13.5. The molecule has 10 nitrogen and oxygen atoms in total. The van der Waals surface area contributed by atoms with Gasteiger partial charge >= 0.3 is 12.7 Å². The lowest BCUT2D eigenvalue weighted by Crippen LogP contribution is -2.32.